The standard InChI is InChI=1S/C17H20BrNS/c1-3-14(19)10-13-6-9-17(16(18)11-13)20-15-7-4-12(2)5-8-15/h4-9,11,14H,3,10,19H2,1-2H3. The van der Waals surface area contributed by atoms with Gasteiger partial charge in [-0.3, -0.25) is 0 Å². The smallest absolute Gasteiger partial charge is 0.0317 e. The molecule has 106 valence electrons. The van der Waals surface area contributed by atoms with Crippen LogP contribution in [0, 0.1) is 6.92 Å². The molecular weight excluding hydrogens is 330 g/mol. The highest BCUT2D eigenvalue weighted by Crippen LogP contribution is 2.34. The van der Waals surface area contributed by atoms with Gasteiger partial charge in [0.1, 0.15) is 0 Å². The molecule has 0 heterocycles. The van der Waals surface area contributed by atoms with Crippen LogP contribution >= 0.6 is 27.7 Å². The molecule has 0 saturated carbocycles. The van der Waals surface area contributed by atoms with Gasteiger partial charge in [-0.2, -0.15) is 0 Å². The van der Waals surface area contributed by atoms with Crippen molar-refractivity contribution in [3.8, 4) is 0 Å². The summed E-state index contributed by atoms with van der Waals surface area (Å²) >= 11 is 5.45. The minimum absolute atomic E-state index is 0.248. The third-order valence-corrected chi connectivity index (χ3v) is 5.27. The van der Waals surface area contributed by atoms with E-state index in [1.165, 1.54) is 20.9 Å². The van der Waals surface area contributed by atoms with Gasteiger partial charge in [0, 0.05) is 20.3 Å². The molecule has 2 aromatic carbocycles. The summed E-state index contributed by atoms with van der Waals surface area (Å²) in [7, 11) is 0. The maximum atomic E-state index is 6.01. The minimum atomic E-state index is 0.248. The van der Waals surface area contributed by atoms with E-state index in [9.17, 15) is 0 Å². The molecule has 1 nitrogen and oxygen atoms in total. The van der Waals surface area contributed by atoms with Gasteiger partial charge >= 0.3 is 0 Å². The summed E-state index contributed by atoms with van der Waals surface area (Å²) in [6.07, 6.45) is 1.95. The van der Waals surface area contributed by atoms with E-state index in [-0.39, 0.29) is 6.04 Å². The molecule has 0 bridgehead atoms. The van der Waals surface area contributed by atoms with Crippen LogP contribution in [-0.4, -0.2) is 6.04 Å². The van der Waals surface area contributed by atoms with Crippen LogP contribution in [0.4, 0.5) is 0 Å². The fourth-order valence-corrected chi connectivity index (χ4v) is 3.42. The summed E-state index contributed by atoms with van der Waals surface area (Å²) in [5.74, 6) is 0. The minimum Gasteiger partial charge on any atom is -0.327 e. The molecule has 0 aliphatic carbocycles. The molecule has 2 N–H and O–H groups in total. The van der Waals surface area contributed by atoms with E-state index in [0.717, 1.165) is 17.3 Å². The van der Waals surface area contributed by atoms with Gasteiger partial charge in [0.25, 0.3) is 0 Å². The van der Waals surface area contributed by atoms with Gasteiger partial charge in [-0.25, -0.2) is 0 Å². The Hall–Kier alpha value is -0.770. The first-order valence-electron chi connectivity index (χ1n) is 6.87. The highest BCUT2D eigenvalue weighted by Gasteiger charge is 2.06. The Morgan fingerprint density at radius 3 is 2.45 bits per heavy atom. The first kappa shape index (κ1) is 15.6. The molecule has 1 atom stereocenters. The summed E-state index contributed by atoms with van der Waals surface area (Å²) in [6.45, 7) is 4.23. The van der Waals surface area contributed by atoms with Gasteiger partial charge in [-0.05, 0) is 65.5 Å². The number of hydrogen-bond acceptors (Lipinski definition) is 2. The van der Waals surface area contributed by atoms with E-state index in [0.29, 0.717) is 0 Å². The molecule has 0 aliphatic rings. The SMILES string of the molecule is CCC(N)Cc1ccc(Sc2ccc(C)cc2)c(Br)c1. The molecule has 0 amide bonds. The van der Waals surface area contributed by atoms with Gasteiger partial charge < -0.3 is 5.73 Å². The first-order valence-corrected chi connectivity index (χ1v) is 8.48. The van der Waals surface area contributed by atoms with Crippen LogP contribution in [0.25, 0.3) is 0 Å². The Bertz CT molecular complexity index is 566. The first-order chi connectivity index (χ1) is 9.58. The second kappa shape index (κ2) is 7.30. The normalized spacial score (nSPS) is 12.4. The average molecular weight is 350 g/mol. The fraction of sp³-hybridized carbons (Fsp3) is 0.294. The average Bonchev–Trinajstić information content (AvgIpc) is 2.44. The van der Waals surface area contributed by atoms with Crippen molar-refractivity contribution in [2.45, 2.75) is 42.5 Å². The lowest BCUT2D eigenvalue weighted by atomic mass is 10.1. The van der Waals surface area contributed by atoms with E-state index < -0.39 is 0 Å². The summed E-state index contributed by atoms with van der Waals surface area (Å²) in [6, 6.07) is 15.4. The molecule has 0 fully saturated rings. The van der Waals surface area contributed by atoms with Gasteiger partial charge in [-0.15, -0.1) is 0 Å². The molecule has 20 heavy (non-hydrogen) atoms. The molecule has 2 rings (SSSR count). The van der Waals surface area contributed by atoms with Crippen molar-refractivity contribution in [2.24, 2.45) is 5.73 Å². The van der Waals surface area contributed by atoms with Crippen LogP contribution in [0.2, 0.25) is 0 Å². The van der Waals surface area contributed by atoms with E-state index in [2.05, 4.69) is 72.2 Å². The highest BCUT2D eigenvalue weighted by atomic mass is 79.9. The Morgan fingerprint density at radius 2 is 1.85 bits per heavy atom. The lowest BCUT2D eigenvalue weighted by molar-refractivity contribution is 0.646. The van der Waals surface area contributed by atoms with Crippen molar-refractivity contribution < 1.29 is 0 Å². The molecule has 0 saturated heterocycles. The quantitative estimate of drug-likeness (QED) is 0.803. The zero-order chi connectivity index (χ0) is 14.5. The monoisotopic (exact) mass is 349 g/mol. The van der Waals surface area contributed by atoms with Gasteiger partial charge in [0.2, 0.25) is 0 Å². The number of rotatable bonds is 5. The van der Waals surface area contributed by atoms with Crippen molar-refractivity contribution in [2.75, 3.05) is 0 Å². The van der Waals surface area contributed by atoms with Gasteiger partial charge in [-0.1, -0.05) is 42.4 Å². The van der Waals surface area contributed by atoms with E-state index in [1.54, 1.807) is 11.8 Å². The molecular formula is C17H20BrNS. The van der Waals surface area contributed by atoms with E-state index >= 15 is 0 Å². The van der Waals surface area contributed by atoms with Crippen molar-refractivity contribution in [3.05, 3.63) is 58.1 Å². The van der Waals surface area contributed by atoms with Crippen LogP contribution in [-0.2, 0) is 6.42 Å². The molecule has 0 spiro atoms. The third kappa shape index (κ3) is 4.37. The lowest BCUT2D eigenvalue weighted by Crippen LogP contribution is -2.21. The van der Waals surface area contributed by atoms with Crippen molar-refractivity contribution in [3.63, 3.8) is 0 Å². The zero-order valence-corrected chi connectivity index (χ0v) is 14.3. The number of hydrogen-bond donors (Lipinski definition) is 1. The molecule has 2 aromatic rings. The summed E-state index contributed by atoms with van der Waals surface area (Å²) in [5.41, 5.74) is 8.59. The Labute approximate surface area is 134 Å². The predicted octanol–water partition coefficient (Wildman–Crippen LogP) is 5.19. The summed E-state index contributed by atoms with van der Waals surface area (Å²) in [4.78, 5) is 2.50. The molecule has 3 heteroatoms. The molecule has 0 aromatic heterocycles. The maximum Gasteiger partial charge on any atom is 0.0317 e. The maximum absolute atomic E-state index is 6.01. The zero-order valence-electron chi connectivity index (χ0n) is 11.9. The van der Waals surface area contributed by atoms with Crippen molar-refractivity contribution >= 4 is 27.7 Å². The third-order valence-electron chi connectivity index (χ3n) is 3.27. The Kier molecular flexibility index (Phi) is 5.70. The van der Waals surface area contributed by atoms with Crippen molar-refractivity contribution in [1.29, 1.82) is 0 Å². The number of benzene rings is 2. The Balaban J connectivity index is 2.11. The molecule has 0 radical (unpaired) electrons. The van der Waals surface area contributed by atoms with E-state index in [1.807, 2.05) is 0 Å². The summed E-state index contributed by atoms with van der Waals surface area (Å²) in [5, 5.41) is 0. The van der Waals surface area contributed by atoms with Crippen LogP contribution in [0.15, 0.2) is 56.7 Å². The predicted molar refractivity (Wildman–Crippen MR) is 91.4 cm³/mol. The van der Waals surface area contributed by atoms with Crippen LogP contribution in [0.5, 0.6) is 0 Å². The second-order valence-corrected chi connectivity index (χ2v) is 7.02. The van der Waals surface area contributed by atoms with Gasteiger partial charge in [0.15, 0.2) is 0 Å². The van der Waals surface area contributed by atoms with Crippen LogP contribution in [0.3, 0.4) is 0 Å². The Morgan fingerprint density at radius 1 is 1.15 bits per heavy atom. The second-order valence-electron chi connectivity index (χ2n) is 5.05. The number of aryl methyl sites for hydroxylation is 1. The summed E-state index contributed by atoms with van der Waals surface area (Å²) < 4.78 is 1.14. The highest BCUT2D eigenvalue weighted by molar-refractivity contribution is 9.10. The van der Waals surface area contributed by atoms with Crippen molar-refractivity contribution in [1.82, 2.24) is 0 Å². The van der Waals surface area contributed by atoms with Gasteiger partial charge in [0.05, 0.1) is 0 Å². The van der Waals surface area contributed by atoms with Crippen LogP contribution < -0.4 is 5.73 Å². The molecule has 0 aliphatic heterocycles. The number of halogens is 1. The topological polar surface area (TPSA) is 26.0 Å². The number of nitrogens with two attached hydrogens (primary N) is 1. The van der Waals surface area contributed by atoms with Crippen LogP contribution in [0.1, 0.15) is 24.5 Å². The molecule has 1 unspecified atom stereocenters. The lowest BCUT2D eigenvalue weighted by Gasteiger charge is -2.11. The fourth-order valence-electron chi connectivity index (χ4n) is 1.93. The van der Waals surface area contributed by atoms with E-state index in [4.69, 9.17) is 5.73 Å². The largest absolute Gasteiger partial charge is 0.327 e.